The van der Waals surface area contributed by atoms with Crippen molar-refractivity contribution in [3.63, 3.8) is 0 Å². The Hall–Kier alpha value is -2.50. The third-order valence-electron chi connectivity index (χ3n) is 5.13. The maximum Gasteiger partial charge on any atom is 0.289 e. The molecule has 0 radical (unpaired) electrons. The first-order valence-corrected chi connectivity index (χ1v) is 9.46. The molecule has 4 rings (SSSR count). The number of halogens is 1. The van der Waals surface area contributed by atoms with E-state index in [1.165, 1.54) is 5.39 Å². The standard InChI is InChI=1S/C22H24N2O3.ClH/c23-14-18-7-3-4-12-24(18)22(25)21-11-10-20(27-21)15-26-19-9-8-16-5-1-2-6-17(16)13-19;/h1-2,5-6,8-11,13,18H,3-4,7,12,14-15,23H2;1H. The quantitative estimate of drug-likeness (QED) is 0.689. The summed E-state index contributed by atoms with van der Waals surface area (Å²) < 4.78 is 11.6. The van der Waals surface area contributed by atoms with Crippen molar-refractivity contribution in [3.8, 4) is 5.75 Å². The van der Waals surface area contributed by atoms with Gasteiger partial charge < -0.3 is 19.8 Å². The lowest BCUT2D eigenvalue weighted by atomic mass is 10.0. The maximum atomic E-state index is 12.7. The van der Waals surface area contributed by atoms with Gasteiger partial charge in [0.25, 0.3) is 5.91 Å². The van der Waals surface area contributed by atoms with E-state index in [4.69, 9.17) is 14.9 Å². The number of piperidine rings is 1. The molecule has 148 valence electrons. The molecule has 1 fully saturated rings. The van der Waals surface area contributed by atoms with Crippen molar-refractivity contribution < 1.29 is 13.9 Å². The largest absolute Gasteiger partial charge is 0.486 e. The van der Waals surface area contributed by atoms with E-state index in [0.717, 1.165) is 36.9 Å². The molecule has 1 saturated heterocycles. The van der Waals surface area contributed by atoms with Crippen LogP contribution in [-0.2, 0) is 6.61 Å². The highest BCUT2D eigenvalue weighted by molar-refractivity contribution is 5.91. The summed E-state index contributed by atoms with van der Waals surface area (Å²) in [4.78, 5) is 14.6. The number of nitrogens with two attached hydrogens (primary N) is 1. The molecular weight excluding hydrogens is 376 g/mol. The molecule has 1 aromatic heterocycles. The predicted molar refractivity (Wildman–Crippen MR) is 112 cm³/mol. The Morgan fingerprint density at radius 3 is 2.75 bits per heavy atom. The molecule has 1 atom stereocenters. The maximum absolute atomic E-state index is 12.7. The number of nitrogens with zero attached hydrogens (tertiary/aromatic N) is 1. The minimum absolute atomic E-state index is 0. The van der Waals surface area contributed by atoms with Crippen LogP contribution >= 0.6 is 12.4 Å². The Morgan fingerprint density at radius 2 is 1.93 bits per heavy atom. The molecule has 28 heavy (non-hydrogen) atoms. The normalized spacial score (nSPS) is 16.6. The third-order valence-corrected chi connectivity index (χ3v) is 5.13. The number of amides is 1. The number of hydrogen-bond acceptors (Lipinski definition) is 4. The highest BCUT2D eigenvalue weighted by atomic mass is 35.5. The van der Waals surface area contributed by atoms with E-state index in [-0.39, 0.29) is 31.0 Å². The van der Waals surface area contributed by atoms with Crippen molar-refractivity contribution in [3.05, 3.63) is 66.1 Å². The minimum atomic E-state index is -0.0814. The van der Waals surface area contributed by atoms with Crippen LogP contribution in [0, 0.1) is 0 Å². The molecule has 1 aliphatic heterocycles. The van der Waals surface area contributed by atoms with Crippen LogP contribution in [0.15, 0.2) is 59.0 Å². The summed E-state index contributed by atoms with van der Waals surface area (Å²) >= 11 is 0. The first-order valence-electron chi connectivity index (χ1n) is 9.46. The van der Waals surface area contributed by atoms with Crippen LogP contribution in [0.1, 0.15) is 35.6 Å². The van der Waals surface area contributed by atoms with Gasteiger partial charge in [0.2, 0.25) is 0 Å². The molecule has 2 aromatic carbocycles. The van der Waals surface area contributed by atoms with E-state index in [9.17, 15) is 4.79 Å². The fraction of sp³-hybridized carbons (Fsp3) is 0.318. The molecule has 3 aromatic rings. The molecule has 2 heterocycles. The van der Waals surface area contributed by atoms with Crippen molar-refractivity contribution in [1.29, 1.82) is 0 Å². The molecule has 2 N–H and O–H groups in total. The first-order chi connectivity index (χ1) is 13.2. The zero-order valence-electron chi connectivity index (χ0n) is 15.7. The monoisotopic (exact) mass is 400 g/mol. The first kappa shape index (κ1) is 20.2. The Morgan fingerprint density at radius 1 is 1.11 bits per heavy atom. The van der Waals surface area contributed by atoms with Crippen molar-refractivity contribution in [2.45, 2.75) is 31.9 Å². The summed E-state index contributed by atoms with van der Waals surface area (Å²) in [5.41, 5.74) is 5.82. The number of carbonyl (C=O) groups is 1. The summed E-state index contributed by atoms with van der Waals surface area (Å²) in [6.45, 7) is 1.51. The molecule has 1 amide bonds. The number of rotatable bonds is 5. The topological polar surface area (TPSA) is 68.7 Å². The fourth-order valence-corrected chi connectivity index (χ4v) is 3.64. The zero-order valence-corrected chi connectivity index (χ0v) is 16.5. The van der Waals surface area contributed by atoms with E-state index in [1.807, 2.05) is 35.2 Å². The van der Waals surface area contributed by atoms with Crippen LogP contribution in [0.3, 0.4) is 0 Å². The number of carbonyl (C=O) groups excluding carboxylic acids is 1. The lowest BCUT2D eigenvalue weighted by Crippen LogP contribution is -2.47. The molecule has 0 saturated carbocycles. The van der Waals surface area contributed by atoms with E-state index in [0.29, 0.717) is 18.1 Å². The van der Waals surface area contributed by atoms with Crippen LogP contribution in [-0.4, -0.2) is 29.9 Å². The van der Waals surface area contributed by atoms with Gasteiger partial charge in [-0.1, -0.05) is 30.3 Å². The minimum Gasteiger partial charge on any atom is -0.486 e. The van der Waals surface area contributed by atoms with Crippen molar-refractivity contribution >= 4 is 29.1 Å². The molecule has 6 heteroatoms. The Bertz CT molecular complexity index is 940. The average Bonchev–Trinajstić information content (AvgIpc) is 3.20. The van der Waals surface area contributed by atoms with E-state index < -0.39 is 0 Å². The lowest BCUT2D eigenvalue weighted by molar-refractivity contribution is 0.0587. The lowest BCUT2D eigenvalue weighted by Gasteiger charge is -2.34. The summed E-state index contributed by atoms with van der Waals surface area (Å²) in [5.74, 6) is 1.68. The highest BCUT2D eigenvalue weighted by Gasteiger charge is 2.28. The predicted octanol–water partition coefficient (Wildman–Crippen LogP) is 4.39. The number of ether oxygens (including phenoxy) is 1. The summed E-state index contributed by atoms with van der Waals surface area (Å²) in [6.07, 6.45) is 3.09. The number of fused-ring (bicyclic) bond motifs is 1. The Balaban J connectivity index is 0.00000225. The molecule has 5 nitrogen and oxygen atoms in total. The average molecular weight is 401 g/mol. The number of benzene rings is 2. The van der Waals surface area contributed by atoms with Crippen molar-refractivity contribution in [1.82, 2.24) is 4.90 Å². The van der Waals surface area contributed by atoms with Gasteiger partial charge in [-0.05, 0) is 54.3 Å². The van der Waals surface area contributed by atoms with Crippen molar-refractivity contribution in [2.75, 3.05) is 13.1 Å². The Kier molecular flexibility index (Phi) is 6.60. The number of likely N-dealkylation sites (tertiary alicyclic amines) is 1. The summed E-state index contributed by atoms with van der Waals surface area (Å²) in [5, 5.41) is 2.30. The van der Waals surface area contributed by atoms with Gasteiger partial charge in [0.1, 0.15) is 18.1 Å². The molecule has 0 bridgehead atoms. The van der Waals surface area contributed by atoms with Gasteiger partial charge in [-0.3, -0.25) is 4.79 Å². The summed E-state index contributed by atoms with van der Waals surface area (Å²) in [6, 6.07) is 17.8. The van der Waals surface area contributed by atoms with Crippen LogP contribution in [0.25, 0.3) is 10.8 Å². The van der Waals surface area contributed by atoms with Crippen LogP contribution < -0.4 is 10.5 Å². The fourth-order valence-electron chi connectivity index (χ4n) is 3.64. The van der Waals surface area contributed by atoms with Gasteiger partial charge in [-0.25, -0.2) is 0 Å². The number of hydrogen-bond donors (Lipinski definition) is 1. The molecule has 1 unspecified atom stereocenters. The Labute approximate surface area is 170 Å². The second-order valence-corrected chi connectivity index (χ2v) is 6.95. The van der Waals surface area contributed by atoms with Crippen LogP contribution in [0.2, 0.25) is 0 Å². The second kappa shape index (κ2) is 9.13. The van der Waals surface area contributed by atoms with Gasteiger partial charge in [0.05, 0.1) is 0 Å². The molecule has 1 aliphatic rings. The summed E-state index contributed by atoms with van der Waals surface area (Å²) in [7, 11) is 0. The highest BCUT2D eigenvalue weighted by Crippen LogP contribution is 2.23. The van der Waals surface area contributed by atoms with Gasteiger partial charge in [0.15, 0.2) is 5.76 Å². The third kappa shape index (κ3) is 4.32. The van der Waals surface area contributed by atoms with E-state index >= 15 is 0 Å². The van der Waals surface area contributed by atoms with Gasteiger partial charge in [0, 0.05) is 19.1 Å². The second-order valence-electron chi connectivity index (χ2n) is 6.95. The van der Waals surface area contributed by atoms with Gasteiger partial charge in [-0.2, -0.15) is 0 Å². The van der Waals surface area contributed by atoms with E-state index in [2.05, 4.69) is 12.1 Å². The van der Waals surface area contributed by atoms with Gasteiger partial charge >= 0.3 is 0 Å². The van der Waals surface area contributed by atoms with Crippen molar-refractivity contribution in [2.24, 2.45) is 5.73 Å². The smallest absolute Gasteiger partial charge is 0.289 e. The molecular formula is C22H25ClN2O3. The van der Waals surface area contributed by atoms with Crippen LogP contribution in [0.5, 0.6) is 5.75 Å². The molecule has 0 spiro atoms. The van der Waals surface area contributed by atoms with Gasteiger partial charge in [-0.15, -0.1) is 12.4 Å². The van der Waals surface area contributed by atoms with E-state index in [1.54, 1.807) is 12.1 Å². The zero-order chi connectivity index (χ0) is 18.6. The number of furan rings is 1. The SMILES string of the molecule is Cl.NCC1CCCCN1C(=O)c1ccc(COc2ccc3ccccc3c2)o1. The van der Waals surface area contributed by atoms with Crippen LogP contribution in [0.4, 0.5) is 0 Å². The molecule has 0 aliphatic carbocycles.